The summed E-state index contributed by atoms with van der Waals surface area (Å²) in [6.45, 7) is 4.31. The van der Waals surface area contributed by atoms with Gasteiger partial charge < -0.3 is 18.8 Å². The fourth-order valence-electron chi connectivity index (χ4n) is 3.08. The highest BCUT2D eigenvalue weighted by molar-refractivity contribution is 5.96. The molecule has 0 saturated heterocycles. The van der Waals surface area contributed by atoms with E-state index in [1.165, 1.54) is 0 Å². The van der Waals surface area contributed by atoms with Crippen molar-refractivity contribution in [3.63, 3.8) is 0 Å². The van der Waals surface area contributed by atoms with Crippen LogP contribution < -0.4 is 9.47 Å². The predicted octanol–water partition coefficient (Wildman–Crippen LogP) is 4.44. The summed E-state index contributed by atoms with van der Waals surface area (Å²) >= 11 is 0. The Morgan fingerprint density at radius 1 is 1.27 bits per heavy atom. The van der Waals surface area contributed by atoms with Crippen LogP contribution in [0.3, 0.4) is 0 Å². The highest BCUT2D eigenvalue weighted by atomic mass is 16.5. The molecule has 0 atom stereocenters. The number of carbonyl (C=O) groups is 1. The van der Waals surface area contributed by atoms with E-state index in [9.17, 15) is 4.79 Å². The molecule has 0 aliphatic heterocycles. The third kappa shape index (κ3) is 3.77. The molecule has 0 N–H and O–H groups in total. The summed E-state index contributed by atoms with van der Waals surface area (Å²) < 4.78 is 16.6. The van der Waals surface area contributed by atoms with Gasteiger partial charge in [0.2, 0.25) is 0 Å². The minimum Gasteiger partial charge on any atom is -0.493 e. The van der Waals surface area contributed by atoms with Gasteiger partial charge in [-0.05, 0) is 51.0 Å². The van der Waals surface area contributed by atoms with Crippen molar-refractivity contribution in [1.82, 2.24) is 4.90 Å². The molecule has 2 aromatic rings. The second kappa shape index (κ2) is 7.68. The quantitative estimate of drug-likeness (QED) is 0.737. The number of furan rings is 1. The molecule has 0 spiro atoms. The minimum atomic E-state index is -0.0201. The Hall–Kier alpha value is -2.69. The number of hydrogen-bond acceptors (Lipinski definition) is 4. The third-order valence-corrected chi connectivity index (χ3v) is 4.47. The van der Waals surface area contributed by atoms with Crippen LogP contribution in [0.15, 0.2) is 34.8 Å². The summed E-state index contributed by atoms with van der Waals surface area (Å²) in [6.07, 6.45) is 5.88. The molecule has 0 bridgehead atoms. The summed E-state index contributed by atoms with van der Waals surface area (Å²) in [4.78, 5) is 15.1. The number of hydrogen-bond donors (Lipinski definition) is 0. The van der Waals surface area contributed by atoms with Gasteiger partial charge >= 0.3 is 0 Å². The van der Waals surface area contributed by atoms with Crippen LogP contribution in [0.2, 0.25) is 0 Å². The van der Waals surface area contributed by atoms with E-state index in [1.807, 2.05) is 49.1 Å². The number of ether oxygens (including phenoxy) is 2. The largest absolute Gasteiger partial charge is 0.493 e. The van der Waals surface area contributed by atoms with E-state index >= 15 is 0 Å². The number of amides is 1. The fraction of sp³-hybridized carbons (Fsp3) is 0.381. The normalized spacial score (nSPS) is 13.8. The topological polar surface area (TPSA) is 51.9 Å². The molecule has 138 valence electrons. The molecule has 1 aromatic carbocycles. The lowest BCUT2D eigenvalue weighted by Gasteiger charge is -2.22. The predicted molar refractivity (Wildman–Crippen MR) is 101 cm³/mol. The zero-order valence-corrected chi connectivity index (χ0v) is 15.7. The monoisotopic (exact) mass is 355 g/mol. The number of methoxy groups -OCH3 is 2. The number of benzene rings is 1. The highest BCUT2D eigenvalue weighted by Gasteiger charge is 2.34. The Morgan fingerprint density at radius 3 is 2.58 bits per heavy atom. The molecular weight excluding hydrogens is 330 g/mol. The van der Waals surface area contributed by atoms with Crippen LogP contribution in [-0.4, -0.2) is 31.1 Å². The maximum absolute atomic E-state index is 13.2. The van der Waals surface area contributed by atoms with Crippen molar-refractivity contribution in [2.45, 2.75) is 39.3 Å². The molecule has 1 heterocycles. The molecule has 26 heavy (non-hydrogen) atoms. The average Bonchev–Trinajstić information content (AvgIpc) is 3.40. The van der Waals surface area contributed by atoms with Crippen molar-refractivity contribution >= 4 is 12.0 Å². The van der Waals surface area contributed by atoms with Gasteiger partial charge in [0, 0.05) is 17.2 Å². The van der Waals surface area contributed by atoms with Crippen LogP contribution in [0.1, 0.15) is 47.2 Å². The van der Waals surface area contributed by atoms with Crippen LogP contribution in [0.4, 0.5) is 0 Å². The number of allylic oxidation sites excluding steroid dienone is 1. The molecule has 1 saturated carbocycles. The lowest BCUT2D eigenvalue weighted by molar-refractivity contribution is 0.0716. The van der Waals surface area contributed by atoms with E-state index in [1.54, 1.807) is 20.3 Å². The van der Waals surface area contributed by atoms with Crippen molar-refractivity contribution in [3.05, 3.63) is 53.0 Å². The van der Waals surface area contributed by atoms with Crippen molar-refractivity contribution in [3.8, 4) is 11.5 Å². The summed E-state index contributed by atoms with van der Waals surface area (Å²) in [7, 11) is 3.18. The van der Waals surface area contributed by atoms with Crippen molar-refractivity contribution in [2.75, 3.05) is 14.2 Å². The molecule has 0 unspecified atom stereocenters. The molecule has 1 aliphatic carbocycles. The van der Waals surface area contributed by atoms with E-state index in [0.29, 0.717) is 23.6 Å². The van der Waals surface area contributed by atoms with Gasteiger partial charge in [0.25, 0.3) is 5.91 Å². The number of nitrogens with zero attached hydrogens (tertiary/aromatic N) is 1. The number of carbonyl (C=O) groups excluding carboxylic acids is 1. The highest BCUT2D eigenvalue weighted by Crippen LogP contribution is 2.36. The summed E-state index contributed by atoms with van der Waals surface area (Å²) in [5.41, 5.74) is 1.41. The van der Waals surface area contributed by atoms with Gasteiger partial charge in [-0.25, -0.2) is 0 Å². The Bertz CT molecular complexity index is 817. The van der Waals surface area contributed by atoms with Crippen LogP contribution in [0.5, 0.6) is 11.5 Å². The average molecular weight is 355 g/mol. The van der Waals surface area contributed by atoms with Gasteiger partial charge in [-0.1, -0.05) is 12.2 Å². The lowest BCUT2D eigenvalue weighted by Crippen LogP contribution is -2.32. The first kappa shape index (κ1) is 18.1. The van der Waals surface area contributed by atoms with Gasteiger partial charge in [-0.3, -0.25) is 4.79 Å². The van der Waals surface area contributed by atoms with E-state index in [2.05, 4.69) is 0 Å². The van der Waals surface area contributed by atoms with Gasteiger partial charge in [-0.2, -0.15) is 0 Å². The lowest BCUT2D eigenvalue weighted by atomic mass is 10.1. The second-order valence-electron chi connectivity index (χ2n) is 6.48. The van der Waals surface area contributed by atoms with E-state index < -0.39 is 0 Å². The van der Waals surface area contributed by atoms with E-state index in [-0.39, 0.29) is 11.9 Å². The van der Waals surface area contributed by atoms with E-state index in [4.69, 9.17) is 13.9 Å². The number of rotatable bonds is 7. The molecule has 3 rings (SSSR count). The first-order valence-electron chi connectivity index (χ1n) is 8.82. The Morgan fingerprint density at radius 2 is 2.04 bits per heavy atom. The summed E-state index contributed by atoms with van der Waals surface area (Å²) in [5.74, 6) is 2.81. The maximum Gasteiger partial charge on any atom is 0.254 e. The Labute approximate surface area is 154 Å². The molecule has 1 fully saturated rings. The summed E-state index contributed by atoms with van der Waals surface area (Å²) in [5, 5.41) is 0. The van der Waals surface area contributed by atoms with Crippen LogP contribution in [-0.2, 0) is 6.54 Å². The van der Waals surface area contributed by atoms with Crippen molar-refractivity contribution < 1.29 is 18.7 Å². The number of aryl methyl sites for hydroxylation is 1. The molecular formula is C21H25NO4. The minimum absolute atomic E-state index is 0.0201. The van der Waals surface area contributed by atoms with Crippen LogP contribution in [0.25, 0.3) is 6.08 Å². The zero-order valence-electron chi connectivity index (χ0n) is 15.7. The second-order valence-corrected chi connectivity index (χ2v) is 6.48. The smallest absolute Gasteiger partial charge is 0.254 e. The van der Waals surface area contributed by atoms with Crippen LogP contribution >= 0.6 is 0 Å². The standard InChI is InChI=1S/C21H25NO4/c1-5-6-15-11-16(12-19(24-3)20(15)25-4)21(23)22(17-8-9-17)13-18-10-7-14(2)26-18/h5-7,10-12,17H,8-9,13H2,1-4H3. The third-order valence-electron chi connectivity index (χ3n) is 4.47. The molecule has 0 radical (unpaired) electrons. The summed E-state index contributed by atoms with van der Waals surface area (Å²) in [6, 6.07) is 7.72. The van der Waals surface area contributed by atoms with Crippen molar-refractivity contribution in [1.29, 1.82) is 0 Å². The molecule has 5 heteroatoms. The first-order chi connectivity index (χ1) is 12.6. The van der Waals surface area contributed by atoms with Gasteiger partial charge in [0.15, 0.2) is 11.5 Å². The van der Waals surface area contributed by atoms with E-state index in [0.717, 1.165) is 29.9 Å². The molecule has 1 amide bonds. The molecule has 1 aromatic heterocycles. The molecule has 1 aliphatic rings. The SMILES string of the molecule is CC=Cc1cc(C(=O)N(Cc2ccc(C)o2)C2CC2)cc(OC)c1OC. The van der Waals surface area contributed by atoms with Crippen molar-refractivity contribution in [2.24, 2.45) is 0 Å². The maximum atomic E-state index is 13.2. The first-order valence-corrected chi connectivity index (χ1v) is 8.82. The zero-order chi connectivity index (χ0) is 18.7. The van der Waals surface area contributed by atoms with Gasteiger partial charge in [-0.15, -0.1) is 0 Å². The van der Waals surface area contributed by atoms with Gasteiger partial charge in [0.1, 0.15) is 11.5 Å². The molecule has 5 nitrogen and oxygen atoms in total. The fourth-order valence-corrected chi connectivity index (χ4v) is 3.08. The van der Waals surface area contributed by atoms with Gasteiger partial charge in [0.05, 0.1) is 20.8 Å². The Kier molecular flexibility index (Phi) is 5.35. The Balaban J connectivity index is 1.94. The van der Waals surface area contributed by atoms with Crippen LogP contribution in [0, 0.1) is 6.92 Å².